The van der Waals surface area contributed by atoms with Gasteiger partial charge in [-0.05, 0) is 6.92 Å². The number of carbonyl (C=O) groups is 4. The fraction of sp³-hybridized carbons (Fsp3) is 0.750. The molecule has 0 aliphatic carbocycles. The zero-order chi connectivity index (χ0) is 25.0. The second kappa shape index (κ2) is 19.9. The summed E-state index contributed by atoms with van der Waals surface area (Å²) in [5.74, 6) is -3.54. The van der Waals surface area contributed by atoms with Gasteiger partial charge in [-0.15, -0.1) is 0 Å². The molecule has 0 aliphatic rings. The molecule has 0 aromatic carbocycles. The summed E-state index contributed by atoms with van der Waals surface area (Å²) in [7, 11) is 0. The molecule has 30 heavy (non-hydrogen) atoms. The Kier molecular flexibility index (Phi) is 23.3. The molecule has 0 fully saturated rings. The van der Waals surface area contributed by atoms with Crippen LogP contribution in [-0.4, -0.2) is 110 Å². The topological polar surface area (TPSA) is 249 Å². The van der Waals surface area contributed by atoms with Crippen LogP contribution in [0.25, 0.3) is 0 Å². The number of esters is 1. The van der Waals surface area contributed by atoms with Gasteiger partial charge in [0.05, 0.1) is 33.0 Å². The van der Waals surface area contributed by atoms with E-state index in [-0.39, 0.29) is 6.61 Å². The molecule has 0 spiro atoms. The Morgan fingerprint density at radius 3 is 1.17 bits per heavy atom. The molecule has 0 heterocycles. The van der Waals surface area contributed by atoms with E-state index in [9.17, 15) is 25.2 Å². The summed E-state index contributed by atoms with van der Waals surface area (Å²) in [6.45, 7) is 0.180. The molecule has 0 bridgehead atoms. The van der Waals surface area contributed by atoms with Crippen LogP contribution in [0.5, 0.6) is 0 Å². The first kappa shape index (κ1) is 35.1. The first-order valence-electron chi connectivity index (χ1n) is 8.18. The first-order chi connectivity index (χ1) is 13.7. The minimum Gasteiger partial charge on any atom is -0.481 e. The minimum atomic E-state index is -2.07. The molecule has 0 amide bonds. The predicted molar refractivity (Wildman–Crippen MR) is 98.2 cm³/mol. The van der Waals surface area contributed by atoms with Crippen molar-refractivity contribution in [3.8, 4) is 0 Å². The molecule has 0 atom stereocenters. The second-order valence-corrected chi connectivity index (χ2v) is 5.26. The Morgan fingerprint density at radius 2 is 1.00 bits per heavy atom. The van der Waals surface area contributed by atoms with E-state index in [4.69, 9.17) is 44.3 Å². The average molecular weight is 448 g/mol. The third kappa shape index (κ3) is 15.5. The summed E-state index contributed by atoms with van der Waals surface area (Å²) in [6.07, 6.45) is 0. The lowest BCUT2D eigenvalue weighted by molar-refractivity contribution is -0.241. The highest BCUT2D eigenvalue weighted by Crippen LogP contribution is 2.35. The molecule has 0 saturated heterocycles. The lowest BCUT2D eigenvalue weighted by Crippen LogP contribution is -2.64. The van der Waals surface area contributed by atoms with E-state index in [1.807, 2.05) is 0 Å². The van der Waals surface area contributed by atoms with Gasteiger partial charge >= 0.3 is 5.97 Å². The molecule has 14 nitrogen and oxygen atoms in total. The molecule has 14 heteroatoms. The summed E-state index contributed by atoms with van der Waals surface area (Å²) in [4.78, 5) is 38.8. The Bertz CT molecular complexity index is 442. The number of hydrogen-bond acceptors (Lipinski definition) is 11. The summed E-state index contributed by atoms with van der Waals surface area (Å²) in [5.41, 5.74) is -4.12. The molecule has 0 rings (SSSR count). The van der Waals surface area contributed by atoms with Crippen LogP contribution in [-0.2, 0) is 28.7 Å². The molecular formula is C16H32O14. The van der Waals surface area contributed by atoms with E-state index in [1.165, 1.54) is 6.92 Å². The number of aliphatic carboxylic acids is 3. The lowest BCUT2D eigenvalue weighted by Gasteiger charge is -2.43. The molecular weight excluding hydrogens is 416 g/mol. The van der Waals surface area contributed by atoms with Crippen molar-refractivity contribution in [2.45, 2.75) is 33.3 Å². The van der Waals surface area contributed by atoms with Crippen LogP contribution in [0.1, 0.15) is 27.7 Å². The second-order valence-electron chi connectivity index (χ2n) is 5.26. The normalized spacial score (nSPS) is 10.0. The fourth-order valence-corrected chi connectivity index (χ4v) is 1.63. The predicted octanol–water partition coefficient (Wildman–Crippen LogP) is -2.52. The number of carbonyl (C=O) groups excluding carboxylic acids is 1. The Labute approximate surface area is 172 Å². The van der Waals surface area contributed by atoms with Gasteiger partial charge in [0.25, 0.3) is 17.9 Å². The van der Waals surface area contributed by atoms with Crippen molar-refractivity contribution in [2.75, 3.05) is 39.8 Å². The van der Waals surface area contributed by atoms with Crippen LogP contribution in [0.3, 0.4) is 0 Å². The molecule has 0 radical (unpaired) electrons. The highest BCUT2D eigenvalue weighted by Gasteiger charge is 2.58. The number of aliphatic hydroxyl groups excluding tert-OH is 5. The monoisotopic (exact) mass is 448 g/mol. The maximum atomic E-state index is 11.8. The minimum absolute atomic E-state index is 0.0212. The van der Waals surface area contributed by atoms with Gasteiger partial charge in [0, 0.05) is 20.8 Å². The van der Waals surface area contributed by atoms with Gasteiger partial charge < -0.3 is 50.3 Å². The maximum absolute atomic E-state index is 11.8. The molecule has 0 aliphatic heterocycles. The number of aliphatic hydroxyl groups is 5. The van der Waals surface area contributed by atoms with Gasteiger partial charge in [0.15, 0.2) is 0 Å². The fourth-order valence-electron chi connectivity index (χ4n) is 1.63. The van der Waals surface area contributed by atoms with Gasteiger partial charge in [-0.3, -0.25) is 19.2 Å². The van der Waals surface area contributed by atoms with Crippen LogP contribution in [0.15, 0.2) is 0 Å². The van der Waals surface area contributed by atoms with Crippen molar-refractivity contribution >= 4 is 23.9 Å². The number of carboxylic acids is 3. The van der Waals surface area contributed by atoms with Crippen molar-refractivity contribution in [2.24, 2.45) is 5.41 Å². The van der Waals surface area contributed by atoms with E-state index < -0.39 is 68.1 Å². The van der Waals surface area contributed by atoms with Crippen molar-refractivity contribution in [1.82, 2.24) is 0 Å². The third-order valence-corrected chi connectivity index (χ3v) is 2.93. The van der Waals surface area contributed by atoms with Crippen molar-refractivity contribution in [1.29, 1.82) is 0 Å². The number of ether oxygens (including phenoxy) is 2. The van der Waals surface area contributed by atoms with Crippen LogP contribution in [0.2, 0.25) is 0 Å². The molecule has 0 aromatic heterocycles. The van der Waals surface area contributed by atoms with E-state index in [0.717, 1.165) is 20.8 Å². The van der Waals surface area contributed by atoms with Crippen LogP contribution in [0.4, 0.5) is 0 Å². The molecule has 8 N–H and O–H groups in total. The van der Waals surface area contributed by atoms with Gasteiger partial charge in [-0.2, -0.15) is 0 Å². The average Bonchev–Trinajstić information content (AvgIpc) is 2.61. The van der Waals surface area contributed by atoms with Gasteiger partial charge in [-0.25, -0.2) is 0 Å². The molecule has 180 valence electrons. The van der Waals surface area contributed by atoms with Crippen LogP contribution < -0.4 is 0 Å². The highest BCUT2D eigenvalue weighted by molar-refractivity contribution is 5.79. The Balaban J connectivity index is -0.000000229. The number of rotatable bonds is 9. The largest absolute Gasteiger partial charge is 0.481 e. The van der Waals surface area contributed by atoms with E-state index in [1.54, 1.807) is 0 Å². The summed E-state index contributed by atoms with van der Waals surface area (Å²) < 4.78 is 9.48. The van der Waals surface area contributed by atoms with Crippen molar-refractivity contribution < 1.29 is 69.5 Å². The van der Waals surface area contributed by atoms with E-state index >= 15 is 0 Å². The summed E-state index contributed by atoms with van der Waals surface area (Å²) >= 11 is 0. The molecule has 0 aromatic rings. The quantitative estimate of drug-likeness (QED) is 0.134. The maximum Gasteiger partial charge on any atom is 0.319 e. The number of carboxylic acid groups (broad SMARTS) is 3. The Morgan fingerprint density at radius 1 is 0.700 bits per heavy atom. The summed E-state index contributed by atoms with van der Waals surface area (Å²) in [6, 6.07) is 0. The highest BCUT2D eigenvalue weighted by atomic mass is 16.6. The third-order valence-electron chi connectivity index (χ3n) is 2.93. The van der Waals surface area contributed by atoms with Crippen LogP contribution in [0, 0.1) is 5.41 Å². The van der Waals surface area contributed by atoms with Crippen molar-refractivity contribution in [3.05, 3.63) is 0 Å². The number of hydrogen-bond donors (Lipinski definition) is 8. The Hall–Kier alpha value is -2.36. The van der Waals surface area contributed by atoms with Gasteiger partial charge in [-0.1, -0.05) is 0 Å². The summed E-state index contributed by atoms with van der Waals surface area (Å²) in [5, 5.41) is 68.3. The van der Waals surface area contributed by atoms with Gasteiger partial charge in [0.1, 0.15) is 17.8 Å². The zero-order valence-electron chi connectivity index (χ0n) is 17.3. The SMILES string of the molecule is CC(=O)O.CC(=O)O.CC(=O)O.CCOC(=O)C(CO)(CO)C(CO)(CO)OCO. The lowest BCUT2D eigenvalue weighted by atomic mass is 9.73. The first-order valence-corrected chi connectivity index (χ1v) is 8.18. The van der Waals surface area contributed by atoms with Crippen molar-refractivity contribution in [3.63, 3.8) is 0 Å². The van der Waals surface area contributed by atoms with E-state index in [2.05, 4.69) is 0 Å². The smallest absolute Gasteiger partial charge is 0.319 e. The van der Waals surface area contributed by atoms with Crippen LogP contribution >= 0.6 is 0 Å². The molecule has 0 saturated carbocycles. The standard InChI is InChI=1S/C10H20O8.3C2H4O2/c1-2-17-8(16)9(3-11,4-12)10(5-13,6-14)18-7-15;3*1-2(3)4/h11-15H,2-7H2,1H3;3*1H3,(H,3,4). The van der Waals surface area contributed by atoms with E-state index in [0.29, 0.717) is 0 Å². The zero-order valence-corrected chi connectivity index (χ0v) is 17.3. The van der Waals surface area contributed by atoms with Gasteiger partial charge in [0.2, 0.25) is 0 Å². The molecule has 0 unspecified atom stereocenters.